The highest BCUT2D eigenvalue weighted by atomic mass is 16.4. The van der Waals surface area contributed by atoms with Crippen LogP contribution in [0.25, 0.3) is 0 Å². The molecular formula is C13H15NO5. The Morgan fingerprint density at radius 2 is 1.89 bits per heavy atom. The van der Waals surface area contributed by atoms with Crippen molar-refractivity contribution in [2.45, 2.75) is 38.8 Å². The summed E-state index contributed by atoms with van der Waals surface area (Å²) >= 11 is 0. The van der Waals surface area contributed by atoms with Gasteiger partial charge in [0.2, 0.25) is 0 Å². The van der Waals surface area contributed by atoms with Crippen LogP contribution in [-0.2, 0) is 4.79 Å². The van der Waals surface area contributed by atoms with E-state index in [0.717, 1.165) is 12.8 Å². The standard InChI is InChI=1S/C13H15NO5/c1-7(13(17)18)14(9-3-4-9)12(16)11-6-5-10(19-11)8(2)15/h5-7,9H,3-4H2,1-2H3,(H,17,18). The Morgan fingerprint density at radius 3 is 2.32 bits per heavy atom. The molecule has 1 saturated carbocycles. The number of carboxylic acid groups (broad SMARTS) is 1. The monoisotopic (exact) mass is 265 g/mol. The second kappa shape index (κ2) is 4.87. The zero-order valence-electron chi connectivity index (χ0n) is 10.8. The minimum atomic E-state index is -1.06. The second-order valence-electron chi connectivity index (χ2n) is 4.68. The van der Waals surface area contributed by atoms with Crippen LogP contribution in [0.3, 0.4) is 0 Å². The maximum atomic E-state index is 12.3. The molecule has 1 heterocycles. The number of nitrogens with zero attached hydrogens (tertiary/aromatic N) is 1. The number of Topliss-reactive ketones (excluding diaryl/α,β-unsaturated/α-hetero) is 1. The summed E-state index contributed by atoms with van der Waals surface area (Å²) in [5.74, 6) is -1.71. The van der Waals surface area contributed by atoms with Gasteiger partial charge in [-0.25, -0.2) is 4.79 Å². The van der Waals surface area contributed by atoms with Gasteiger partial charge in [0.25, 0.3) is 5.91 Å². The summed E-state index contributed by atoms with van der Waals surface area (Å²) in [5.41, 5.74) is 0. The van der Waals surface area contributed by atoms with Crippen molar-refractivity contribution in [1.29, 1.82) is 0 Å². The van der Waals surface area contributed by atoms with E-state index >= 15 is 0 Å². The average molecular weight is 265 g/mol. The van der Waals surface area contributed by atoms with E-state index in [1.54, 1.807) is 0 Å². The first kappa shape index (κ1) is 13.3. The predicted octanol–water partition coefficient (Wildman–Crippen LogP) is 1.56. The number of amides is 1. The molecule has 1 aromatic heterocycles. The maximum absolute atomic E-state index is 12.3. The molecule has 6 heteroatoms. The van der Waals surface area contributed by atoms with Crippen molar-refractivity contribution >= 4 is 17.7 Å². The minimum absolute atomic E-state index is 0.00481. The first-order valence-electron chi connectivity index (χ1n) is 6.08. The van der Waals surface area contributed by atoms with Gasteiger partial charge in [0.1, 0.15) is 6.04 Å². The Bertz CT molecular complexity index is 529. The number of ketones is 1. The van der Waals surface area contributed by atoms with Gasteiger partial charge in [-0.3, -0.25) is 9.59 Å². The predicted molar refractivity (Wildman–Crippen MR) is 65.0 cm³/mol. The Morgan fingerprint density at radius 1 is 1.32 bits per heavy atom. The molecule has 1 aliphatic rings. The highest BCUT2D eigenvalue weighted by molar-refractivity contribution is 5.97. The fourth-order valence-electron chi connectivity index (χ4n) is 1.90. The molecule has 1 fully saturated rings. The summed E-state index contributed by atoms with van der Waals surface area (Å²) in [6, 6.07) is 1.87. The molecule has 1 aliphatic carbocycles. The summed E-state index contributed by atoms with van der Waals surface area (Å²) in [4.78, 5) is 35.7. The average Bonchev–Trinajstić information content (AvgIpc) is 3.04. The highest BCUT2D eigenvalue weighted by Gasteiger charge is 2.39. The lowest BCUT2D eigenvalue weighted by Gasteiger charge is -2.25. The molecule has 1 unspecified atom stereocenters. The first-order valence-corrected chi connectivity index (χ1v) is 6.08. The molecule has 2 rings (SSSR count). The van der Waals surface area contributed by atoms with Crippen LogP contribution < -0.4 is 0 Å². The molecule has 1 aromatic rings. The molecule has 19 heavy (non-hydrogen) atoms. The maximum Gasteiger partial charge on any atom is 0.326 e. The molecule has 1 N–H and O–H groups in total. The van der Waals surface area contributed by atoms with Crippen LogP contribution in [0, 0.1) is 0 Å². The summed E-state index contributed by atoms with van der Waals surface area (Å²) in [7, 11) is 0. The first-order chi connectivity index (χ1) is 8.91. The topological polar surface area (TPSA) is 87.8 Å². The number of carbonyl (C=O) groups excluding carboxylic acids is 2. The lowest BCUT2D eigenvalue weighted by atomic mass is 10.2. The van der Waals surface area contributed by atoms with Gasteiger partial charge in [-0.2, -0.15) is 0 Å². The fraction of sp³-hybridized carbons (Fsp3) is 0.462. The van der Waals surface area contributed by atoms with E-state index in [-0.39, 0.29) is 23.3 Å². The van der Waals surface area contributed by atoms with Crippen molar-refractivity contribution in [3.63, 3.8) is 0 Å². The Kier molecular flexibility index (Phi) is 3.42. The zero-order chi connectivity index (χ0) is 14.2. The molecule has 102 valence electrons. The quantitative estimate of drug-likeness (QED) is 0.816. The third-order valence-electron chi connectivity index (χ3n) is 3.11. The molecule has 0 aliphatic heterocycles. The number of hydrogen-bond acceptors (Lipinski definition) is 4. The molecule has 0 spiro atoms. The smallest absolute Gasteiger partial charge is 0.326 e. The Labute approximate surface area is 110 Å². The molecule has 0 radical (unpaired) electrons. The van der Waals surface area contributed by atoms with E-state index in [1.165, 1.54) is 30.9 Å². The summed E-state index contributed by atoms with van der Waals surface area (Å²) in [6.45, 7) is 2.80. The van der Waals surface area contributed by atoms with Crippen LogP contribution in [0.15, 0.2) is 16.5 Å². The largest absolute Gasteiger partial charge is 0.480 e. The van der Waals surface area contributed by atoms with Gasteiger partial charge < -0.3 is 14.4 Å². The van der Waals surface area contributed by atoms with Crippen LogP contribution >= 0.6 is 0 Å². The van der Waals surface area contributed by atoms with E-state index in [4.69, 9.17) is 9.52 Å². The van der Waals surface area contributed by atoms with Crippen LogP contribution in [0.1, 0.15) is 47.8 Å². The Hall–Kier alpha value is -2.11. The molecule has 0 aromatic carbocycles. The summed E-state index contributed by atoms with van der Waals surface area (Å²) in [6.07, 6.45) is 1.59. The summed E-state index contributed by atoms with van der Waals surface area (Å²) in [5, 5.41) is 9.04. The van der Waals surface area contributed by atoms with Gasteiger partial charge in [0.15, 0.2) is 17.3 Å². The fourth-order valence-corrected chi connectivity index (χ4v) is 1.90. The SMILES string of the molecule is CC(=O)c1ccc(C(=O)N(C2CC2)C(C)C(=O)O)o1. The third kappa shape index (κ3) is 2.67. The lowest BCUT2D eigenvalue weighted by Crippen LogP contribution is -2.44. The molecule has 0 saturated heterocycles. The van der Waals surface area contributed by atoms with Gasteiger partial charge in [-0.15, -0.1) is 0 Å². The van der Waals surface area contributed by atoms with Crippen molar-refractivity contribution in [3.05, 3.63) is 23.7 Å². The number of furan rings is 1. The molecule has 1 amide bonds. The van der Waals surface area contributed by atoms with Gasteiger partial charge in [-0.1, -0.05) is 0 Å². The van der Waals surface area contributed by atoms with Gasteiger partial charge in [0, 0.05) is 13.0 Å². The molecular weight excluding hydrogens is 250 g/mol. The number of rotatable bonds is 5. The van der Waals surface area contributed by atoms with Crippen molar-refractivity contribution < 1.29 is 23.9 Å². The minimum Gasteiger partial charge on any atom is -0.480 e. The zero-order valence-corrected chi connectivity index (χ0v) is 10.8. The number of aliphatic carboxylic acids is 1. The van der Waals surface area contributed by atoms with Crippen molar-refractivity contribution in [2.75, 3.05) is 0 Å². The third-order valence-corrected chi connectivity index (χ3v) is 3.11. The van der Waals surface area contributed by atoms with Crippen LogP contribution in [0.4, 0.5) is 0 Å². The van der Waals surface area contributed by atoms with E-state index in [2.05, 4.69) is 0 Å². The number of hydrogen-bond donors (Lipinski definition) is 1. The molecule has 0 bridgehead atoms. The lowest BCUT2D eigenvalue weighted by molar-refractivity contribution is -0.141. The number of carboxylic acids is 1. The van der Waals surface area contributed by atoms with Crippen molar-refractivity contribution in [1.82, 2.24) is 4.90 Å². The van der Waals surface area contributed by atoms with E-state index in [9.17, 15) is 14.4 Å². The van der Waals surface area contributed by atoms with Crippen molar-refractivity contribution in [2.24, 2.45) is 0 Å². The van der Waals surface area contributed by atoms with E-state index in [1.807, 2.05) is 0 Å². The normalized spacial score (nSPS) is 15.9. The van der Waals surface area contributed by atoms with Crippen LogP contribution in [0.5, 0.6) is 0 Å². The van der Waals surface area contributed by atoms with Crippen LogP contribution in [0.2, 0.25) is 0 Å². The molecule has 1 atom stereocenters. The van der Waals surface area contributed by atoms with Gasteiger partial charge >= 0.3 is 5.97 Å². The van der Waals surface area contributed by atoms with Crippen LogP contribution in [-0.4, -0.2) is 39.7 Å². The van der Waals surface area contributed by atoms with Crippen molar-refractivity contribution in [3.8, 4) is 0 Å². The summed E-state index contributed by atoms with van der Waals surface area (Å²) < 4.78 is 5.16. The number of carbonyl (C=O) groups is 3. The van der Waals surface area contributed by atoms with E-state index < -0.39 is 17.9 Å². The van der Waals surface area contributed by atoms with E-state index in [0.29, 0.717) is 0 Å². The second-order valence-corrected chi connectivity index (χ2v) is 4.68. The highest BCUT2D eigenvalue weighted by Crippen LogP contribution is 2.30. The Balaban J connectivity index is 2.23. The van der Waals surface area contributed by atoms with Gasteiger partial charge in [0.05, 0.1) is 0 Å². The van der Waals surface area contributed by atoms with Gasteiger partial charge in [-0.05, 0) is 31.9 Å². The molecule has 6 nitrogen and oxygen atoms in total.